The fraction of sp³-hybridized carbons (Fsp3) is 0.467. The van der Waals surface area contributed by atoms with Crippen molar-refractivity contribution >= 4 is 11.9 Å². The van der Waals surface area contributed by atoms with E-state index in [0.717, 1.165) is 0 Å². The standard InChI is InChI=1S/C15H18FNO4/c1-21-9-12-7-10(4-5-13(12)16)14(18)17-6-2-3-11(8-17)15(19)20/h4-5,7,11H,2-3,6,8-9H2,1H3,(H,19,20)/t11-/m0/s1. The van der Waals surface area contributed by atoms with Crippen LogP contribution in [-0.4, -0.2) is 42.1 Å². The average molecular weight is 295 g/mol. The minimum Gasteiger partial charge on any atom is -0.481 e. The summed E-state index contributed by atoms with van der Waals surface area (Å²) < 4.78 is 18.4. The van der Waals surface area contributed by atoms with Gasteiger partial charge in [0.25, 0.3) is 5.91 Å². The number of nitrogens with zero attached hydrogens (tertiary/aromatic N) is 1. The number of carbonyl (C=O) groups is 2. The molecule has 1 aliphatic rings. The molecule has 114 valence electrons. The number of hydrogen-bond acceptors (Lipinski definition) is 3. The molecule has 1 heterocycles. The molecule has 1 amide bonds. The second-order valence-electron chi connectivity index (χ2n) is 5.17. The monoisotopic (exact) mass is 295 g/mol. The van der Waals surface area contributed by atoms with Crippen molar-refractivity contribution in [2.24, 2.45) is 5.92 Å². The SMILES string of the molecule is COCc1cc(C(=O)N2CCC[C@H](C(=O)O)C2)ccc1F. The number of benzene rings is 1. The minimum atomic E-state index is -0.883. The molecule has 6 heteroatoms. The van der Waals surface area contributed by atoms with E-state index in [1.807, 2.05) is 0 Å². The summed E-state index contributed by atoms with van der Waals surface area (Å²) in [6, 6.07) is 4.12. The fourth-order valence-corrected chi connectivity index (χ4v) is 2.52. The Labute approximate surface area is 122 Å². The van der Waals surface area contributed by atoms with Crippen molar-refractivity contribution in [3.8, 4) is 0 Å². The van der Waals surface area contributed by atoms with Crippen LogP contribution in [-0.2, 0) is 16.1 Å². The third-order valence-electron chi connectivity index (χ3n) is 3.65. The number of aliphatic carboxylic acids is 1. The highest BCUT2D eigenvalue weighted by atomic mass is 19.1. The summed E-state index contributed by atoms with van der Waals surface area (Å²) in [5, 5.41) is 9.05. The molecule has 0 unspecified atom stereocenters. The van der Waals surface area contributed by atoms with Crippen LogP contribution in [0.15, 0.2) is 18.2 Å². The van der Waals surface area contributed by atoms with E-state index in [2.05, 4.69) is 0 Å². The lowest BCUT2D eigenvalue weighted by Crippen LogP contribution is -2.42. The highest BCUT2D eigenvalue weighted by Crippen LogP contribution is 2.20. The van der Waals surface area contributed by atoms with Crippen molar-refractivity contribution in [3.05, 3.63) is 35.1 Å². The molecular weight excluding hydrogens is 277 g/mol. The molecule has 0 spiro atoms. The molecule has 1 fully saturated rings. The van der Waals surface area contributed by atoms with Crippen molar-refractivity contribution < 1.29 is 23.8 Å². The summed E-state index contributed by atoms with van der Waals surface area (Å²) in [5.41, 5.74) is 0.671. The van der Waals surface area contributed by atoms with Crippen LogP contribution in [0.3, 0.4) is 0 Å². The predicted molar refractivity (Wildman–Crippen MR) is 73.4 cm³/mol. The number of amides is 1. The molecule has 0 bridgehead atoms. The Hall–Kier alpha value is -1.95. The number of likely N-dealkylation sites (tertiary alicyclic amines) is 1. The van der Waals surface area contributed by atoms with Gasteiger partial charge in [0.1, 0.15) is 5.82 Å². The first-order valence-corrected chi connectivity index (χ1v) is 6.82. The number of rotatable bonds is 4. The van der Waals surface area contributed by atoms with E-state index in [0.29, 0.717) is 30.5 Å². The highest BCUT2D eigenvalue weighted by Gasteiger charge is 2.28. The van der Waals surface area contributed by atoms with E-state index in [9.17, 15) is 14.0 Å². The Morgan fingerprint density at radius 3 is 2.90 bits per heavy atom. The molecule has 0 aromatic heterocycles. The number of carboxylic acids is 1. The normalized spacial score (nSPS) is 18.6. The Morgan fingerprint density at radius 2 is 2.24 bits per heavy atom. The van der Waals surface area contributed by atoms with Crippen LogP contribution in [0.5, 0.6) is 0 Å². The Kier molecular flexibility index (Phi) is 4.90. The fourth-order valence-electron chi connectivity index (χ4n) is 2.52. The molecule has 5 nitrogen and oxygen atoms in total. The van der Waals surface area contributed by atoms with E-state index >= 15 is 0 Å². The van der Waals surface area contributed by atoms with Crippen LogP contribution in [0, 0.1) is 11.7 Å². The summed E-state index contributed by atoms with van der Waals surface area (Å²) in [6.07, 6.45) is 1.24. The second-order valence-corrected chi connectivity index (χ2v) is 5.17. The van der Waals surface area contributed by atoms with E-state index in [1.54, 1.807) is 0 Å². The lowest BCUT2D eigenvalue weighted by Gasteiger charge is -2.30. The zero-order chi connectivity index (χ0) is 15.4. The molecule has 1 aliphatic heterocycles. The van der Waals surface area contributed by atoms with Gasteiger partial charge in [0, 0.05) is 31.3 Å². The molecule has 0 radical (unpaired) electrons. The number of carbonyl (C=O) groups excluding carboxylic acids is 1. The molecular formula is C15H18FNO4. The quantitative estimate of drug-likeness (QED) is 0.921. The van der Waals surface area contributed by atoms with E-state index in [4.69, 9.17) is 9.84 Å². The van der Waals surface area contributed by atoms with Crippen molar-refractivity contribution in [1.82, 2.24) is 4.90 Å². The van der Waals surface area contributed by atoms with Gasteiger partial charge in [0.2, 0.25) is 0 Å². The Balaban J connectivity index is 2.15. The molecule has 21 heavy (non-hydrogen) atoms. The van der Waals surface area contributed by atoms with Gasteiger partial charge in [0.15, 0.2) is 0 Å². The van der Waals surface area contributed by atoms with Gasteiger partial charge >= 0.3 is 5.97 Å². The summed E-state index contributed by atoms with van der Waals surface area (Å²) in [6.45, 7) is 0.815. The van der Waals surface area contributed by atoms with E-state index in [-0.39, 0.29) is 19.1 Å². The first-order valence-electron chi connectivity index (χ1n) is 6.82. The van der Waals surface area contributed by atoms with Gasteiger partial charge < -0.3 is 14.7 Å². The smallest absolute Gasteiger partial charge is 0.308 e. The Morgan fingerprint density at radius 1 is 1.48 bits per heavy atom. The van der Waals surface area contributed by atoms with Crippen LogP contribution < -0.4 is 0 Å². The van der Waals surface area contributed by atoms with Gasteiger partial charge in [-0.1, -0.05) is 0 Å². The maximum Gasteiger partial charge on any atom is 0.308 e. The third-order valence-corrected chi connectivity index (χ3v) is 3.65. The molecule has 0 aliphatic carbocycles. The van der Waals surface area contributed by atoms with Crippen LogP contribution in [0.25, 0.3) is 0 Å². The first-order chi connectivity index (χ1) is 10.0. The van der Waals surface area contributed by atoms with Crippen LogP contribution in [0.1, 0.15) is 28.8 Å². The lowest BCUT2D eigenvalue weighted by atomic mass is 9.97. The maximum absolute atomic E-state index is 13.5. The number of carboxylic acid groups (broad SMARTS) is 1. The third kappa shape index (κ3) is 3.58. The van der Waals surface area contributed by atoms with Crippen molar-refractivity contribution in [2.45, 2.75) is 19.4 Å². The topological polar surface area (TPSA) is 66.8 Å². The van der Waals surface area contributed by atoms with Gasteiger partial charge in [-0.2, -0.15) is 0 Å². The summed E-state index contributed by atoms with van der Waals surface area (Å²) >= 11 is 0. The zero-order valence-corrected chi connectivity index (χ0v) is 11.8. The van der Waals surface area contributed by atoms with Gasteiger partial charge in [-0.05, 0) is 31.0 Å². The minimum absolute atomic E-state index is 0.0880. The number of halogens is 1. The van der Waals surface area contributed by atoms with Crippen LogP contribution >= 0.6 is 0 Å². The maximum atomic E-state index is 13.5. The molecule has 1 atom stereocenters. The largest absolute Gasteiger partial charge is 0.481 e. The van der Waals surface area contributed by atoms with Crippen molar-refractivity contribution in [2.75, 3.05) is 20.2 Å². The van der Waals surface area contributed by atoms with Crippen LogP contribution in [0.2, 0.25) is 0 Å². The Bertz CT molecular complexity index is 546. The highest BCUT2D eigenvalue weighted by molar-refractivity contribution is 5.94. The van der Waals surface area contributed by atoms with E-state index < -0.39 is 17.7 Å². The zero-order valence-electron chi connectivity index (χ0n) is 11.8. The van der Waals surface area contributed by atoms with E-state index in [1.165, 1.54) is 30.2 Å². The number of methoxy groups -OCH3 is 1. The number of piperidine rings is 1. The number of ether oxygens (including phenoxy) is 1. The summed E-state index contributed by atoms with van der Waals surface area (Å²) in [7, 11) is 1.45. The van der Waals surface area contributed by atoms with Gasteiger partial charge in [-0.15, -0.1) is 0 Å². The summed E-state index contributed by atoms with van der Waals surface area (Å²) in [4.78, 5) is 25.0. The summed E-state index contributed by atoms with van der Waals surface area (Å²) in [5.74, 6) is -2.10. The molecule has 0 saturated carbocycles. The van der Waals surface area contributed by atoms with Crippen molar-refractivity contribution in [3.63, 3.8) is 0 Å². The molecule has 1 aromatic carbocycles. The van der Waals surface area contributed by atoms with Gasteiger partial charge in [-0.25, -0.2) is 4.39 Å². The van der Waals surface area contributed by atoms with Crippen molar-refractivity contribution in [1.29, 1.82) is 0 Å². The molecule has 1 saturated heterocycles. The first kappa shape index (κ1) is 15.4. The second kappa shape index (κ2) is 6.67. The molecule has 1 N–H and O–H groups in total. The lowest BCUT2D eigenvalue weighted by molar-refractivity contribution is -0.143. The average Bonchev–Trinajstić information content (AvgIpc) is 2.49. The van der Waals surface area contributed by atoms with Gasteiger partial charge in [-0.3, -0.25) is 9.59 Å². The number of hydrogen-bond donors (Lipinski definition) is 1. The van der Waals surface area contributed by atoms with Gasteiger partial charge in [0.05, 0.1) is 12.5 Å². The van der Waals surface area contributed by atoms with Crippen LogP contribution in [0.4, 0.5) is 4.39 Å². The molecule has 2 rings (SSSR count). The molecule has 1 aromatic rings. The predicted octanol–water partition coefficient (Wildman–Crippen LogP) is 1.91.